The normalized spacial score (nSPS) is 11.2. The lowest BCUT2D eigenvalue weighted by Gasteiger charge is -2.14. The van der Waals surface area contributed by atoms with Gasteiger partial charge in [-0.2, -0.15) is 5.10 Å². The summed E-state index contributed by atoms with van der Waals surface area (Å²) in [4.78, 5) is 27.5. The Hall–Kier alpha value is -3.47. The number of nitrogens with one attached hydrogen (secondary N) is 1. The molecule has 0 amide bonds. The van der Waals surface area contributed by atoms with Crippen molar-refractivity contribution in [1.82, 2.24) is 9.66 Å². The van der Waals surface area contributed by atoms with Gasteiger partial charge in [-0.05, 0) is 58.5 Å². The van der Waals surface area contributed by atoms with E-state index < -0.39 is 11.2 Å². The number of ether oxygens (including phenoxy) is 2. The zero-order chi connectivity index (χ0) is 22.7. The highest BCUT2D eigenvalue weighted by atomic mass is 127. The maximum Gasteiger partial charge on any atom is 0.349 e. The highest BCUT2D eigenvalue weighted by Gasteiger charge is 2.13. The Morgan fingerprint density at radius 1 is 1.12 bits per heavy atom. The molecule has 4 aromatic rings. The van der Waals surface area contributed by atoms with Crippen LogP contribution in [0.1, 0.15) is 11.1 Å². The van der Waals surface area contributed by atoms with E-state index >= 15 is 0 Å². The molecule has 1 aromatic heterocycles. The molecule has 1 N–H and O–H groups in total. The van der Waals surface area contributed by atoms with Crippen molar-refractivity contribution in [3.8, 4) is 11.5 Å². The first-order chi connectivity index (χ1) is 15.5. The van der Waals surface area contributed by atoms with Crippen LogP contribution in [0.25, 0.3) is 10.9 Å². The van der Waals surface area contributed by atoms with Crippen LogP contribution in [-0.4, -0.2) is 23.0 Å². The topological polar surface area (TPSA) is 85.7 Å². The molecule has 0 spiro atoms. The Kier molecular flexibility index (Phi) is 6.35. The monoisotopic (exact) mass is 545 g/mol. The number of nitrogens with zero attached hydrogens (tertiary/aromatic N) is 2. The summed E-state index contributed by atoms with van der Waals surface area (Å²) in [5.74, 6) is 0.514. The van der Waals surface area contributed by atoms with E-state index in [-0.39, 0.29) is 12.4 Å². The van der Waals surface area contributed by atoms with Crippen LogP contribution in [0, 0.1) is 9.39 Å². The molecule has 32 heavy (non-hydrogen) atoms. The molecule has 9 heteroatoms. The third-order valence-corrected chi connectivity index (χ3v) is 5.49. The highest BCUT2D eigenvalue weighted by Crippen LogP contribution is 2.34. The number of benzene rings is 3. The fraction of sp³-hybridized carbons (Fsp3) is 0.0870. The number of aromatic amines is 1. The van der Waals surface area contributed by atoms with Crippen LogP contribution in [-0.2, 0) is 6.61 Å². The third-order valence-electron chi connectivity index (χ3n) is 4.69. The summed E-state index contributed by atoms with van der Waals surface area (Å²) in [6, 6.07) is 16.5. The number of methoxy groups -OCH3 is 1. The third kappa shape index (κ3) is 4.42. The number of aromatic nitrogens is 2. The number of para-hydroxylation sites is 1. The lowest BCUT2D eigenvalue weighted by Crippen LogP contribution is -2.32. The fourth-order valence-electron chi connectivity index (χ4n) is 3.10. The summed E-state index contributed by atoms with van der Waals surface area (Å²) in [5, 5.41) is 4.42. The summed E-state index contributed by atoms with van der Waals surface area (Å²) >= 11 is 2.07. The van der Waals surface area contributed by atoms with Crippen molar-refractivity contribution in [1.29, 1.82) is 0 Å². The molecular weight excluding hydrogens is 528 g/mol. The minimum atomic E-state index is -0.642. The van der Waals surface area contributed by atoms with Crippen molar-refractivity contribution in [3.05, 3.63) is 102 Å². The first kappa shape index (κ1) is 21.8. The van der Waals surface area contributed by atoms with Gasteiger partial charge in [-0.15, -0.1) is 4.68 Å². The van der Waals surface area contributed by atoms with Crippen LogP contribution in [0.3, 0.4) is 0 Å². The summed E-state index contributed by atoms with van der Waals surface area (Å²) in [6.45, 7) is 0.0360. The van der Waals surface area contributed by atoms with E-state index in [1.807, 2.05) is 0 Å². The van der Waals surface area contributed by atoms with Crippen molar-refractivity contribution >= 4 is 39.7 Å². The van der Waals surface area contributed by atoms with Gasteiger partial charge in [-0.1, -0.05) is 30.3 Å². The second-order valence-corrected chi connectivity index (χ2v) is 7.91. The van der Waals surface area contributed by atoms with E-state index in [0.717, 1.165) is 4.68 Å². The summed E-state index contributed by atoms with van der Waals surface area (Å²) in [5.41, 5.74) is 0.292. The molecular formula is C23H17FIN3O4. The fourth-order valence-corrected chi connectivity index (χ4v) is 3.88. The second-order valence-electron chi connectivity index (χ2n) is 6.75. The molecule has 3 aromatic carbocycles. The molecule has 0 unspecified atom stereocenters. The van der Waals surface area contributed by atoms with Crippen LogP contribution in [0.4, 0.5) is 4.39 Å². The van der Waals surface area contributed by atoms with E-state index in [2.05, 4.69) is 32.7 Å². The predicted octanol–water partition coefficient (Wildman–Crippen LogP) is 3.90. The van der Waals surface area contributed by atoms with E-state index in [1.165, 1.54) is 19.4 Å². The van der Waals surface area contributed by atoms with Gasteiger partial charge in [0.05, 0.1) is 27.8 Å². The first-order valence-corrected chi connectivity index (χ1v) is 10.6. The van der Waals surface area contributed by atoms with Gasteiger partial charge < -0.3 is 14.5 Å². The van der Waals surface area contributed by atoms with Gasteiger partial charge in [-0.3, -0.25) is 4.79 Å². The molecule has 0 saturated carbocycles. The van der Waals surface area contributed by atoms with E-state index in [9.17, 15) is 14.0 Å². The van der Waals surface area contributed by atoms with E-state index in [0.29, 0.717) is 37.1 Å². The molecule has 7 nitrogen and oxygen atoms in total. The van der Waals surface area contributed by atoms with E-state index in [1.54, 1.807) is 54.6 Å². The van der Waals surface area contributed by atoms with Crippen molar-refractivity contribution in [2.24, 2.45) is 5.10 Å². The van der Waals surface area contributed by atoms with Crippen LogP contribution in [0.2, 0.25) is 0 Å². The Labute approximate surface area is 195 Å². The van der Waals surface area contributed by atoms with Crippen molar-refractivity contribution in [2.45, 2.75) is 6.61 Å². The van der Waals surface area contributed by atoms with E-state index in [4.69, 9.17) is 9.47 Å². The molecule has 0 aliphatic rings. The van der Waals surface area contributed by atoms with Gasteiger partial charge in [0.1, 0.15) is 12.4 Å². The Bertz CT molecular complexity index is 1450. The highest BCUT2D eigenvalue weighted by molar-refractivity contribution is 14.1. The quantitative estimate of drug-likeness (QED) is 0.294. The maximum absolute atomic E-state index is 13.9. The molecule has 1 heterocycles. The van der Waals surface area contributed by atoms with Crippen LogP contribution in [0.5, 0.6) is 11.5 Å². The number of hydrogen-bond donors (Lipinski definition) is 1. The Morgan fingerprint density at radius 3 is 2.66 bits per heavy atom. The smallest absolute Gasteiger partial charge is 0.349 e. The predicted molar refractivity (Wildman–Crippen MR) is 128 cm³/mol. The van der Waals surface area contributed by atoms with Crippen molar-refractivity contribution in [2.75, 3.05) is 7.11 Å². The summed E-state index contributed by atoms with van der Waals surface area (Å²) < 4.78 is 26.6. The minimum Gasteiger partial charge on any atom is -0.493 e. The van der Waals surface area contributed by atoms with Crippen molar-refractivity contribution < 1.29 is 13.9 Å². The summed E-state index contributed by atoms with van der Waals surface area (Å²) in [6.07, 6.45) is 1.39. The zero-order valence-corrected chi connectivity index (χ0v) is 19.0. The molecule has 0 saturated heterocycles. The number of hydrogen-bond acceptors (Lipinski definition) is 5. The number of rotatable bonds is 6. The lowest BCUT2D eigenvalue weighted by atomic mass is 10.2. The van der Waals surface area contributed by atoms with Gasteiger partial charge in [-0.25, -0.2) is 9.18 Å². The minimum absolute atomic E-state index is 0.0360. The standard InChI is InChI=1S/C23H17FIN3O4/c1-31-20-11-14(10-18(25)21(20)32-13-15-6-2-4-8-17(15)24)12-26-28-22(29)16-7-3-5-9-19(16)27-23(28)30/h2-12H,13H2,1H3,(H,27,30). The molecule has 0 fully saturated rings. The van der Waals surface area contributed by atoms with Crippen LogP contribution in [0.15, 0.2) is 75.4 Å². The molecule has 0 radical (unpaired) electrons. The molecule has 0 aliphatic heterocycles. The molecule has 0 bridgehead atoms. The number of H-pyrrole nitrogens is 1. The van der Waals surface area contributed by atoms with Gasteiger partial charge in [0.2, 0.25) is 0 Å². The van der Waals surface area contributed by atoms with Gasteiger partial charge in [0.25, 0.3) is 5.56 Å². The Balaban J connectivity index is 1.64. The average Bonchev–Trinajstić information content (AvgIpc) is 2.79. The zero-order valence-electron chi connectivity index (χ0n) is 16.8. The molecule has 162 valence electrons. The van der Waals surface area contributed by atoms with Crippen molar-refractivity contribution in [3.63, 3.8) is 0 Å². The Morgan fingerprint density at radius 2 is 1.88 bits per heavy atom. The average molecular weight is 545 g/mol. The number of fused-ring (bicyclic) bond motifs is 1. The van der Waals surface area contributed by atoms with Gasteiger partial charge in [0.15, 0.2) is 11.5 Å². The molecule has 4 rings (SSSR count). The van der Waals surface area contributed by atoms with Gasteiger partial charge >= 0.3 is 5.69 Å². The summed E-state index contributed by atoms with van der Waals surface area (Å²) in [7, 11) is 1.49. The number of halogens is 2. The largest absolute Gasteiger partial charge is 0.493 e. The second kappa shape index (κ2) is 9.35. The molecule has 0 aliphatic carbocycles. The lowest BCUT2D eigenvalue weighted by molar-refractivity contribution is 0.277. The van der Waals surface area contributed by atoms with Crippen LogP contribution >= 0.6 is 22.6 Å². The first-order valence-electron chi connectivity index (χ1n) is 9.50. The SMILES string of the molecule is COc1cc(C=Nn2c(=O)[nH]c3ccccc3c2=O)cc(I)c1OCc1ccccc1F. The van der Waals surface area contributed by atoms with Gasteiger partial charge in [0, 0.05) is 5.56 Å². The van der Waals surface area contributed by atoms with Crippen LogP contribution < -0.4 is 20.7 Å². The maximum atomic E-state index is 13.9. The molecule has 0 atom stereocenters.